The van der Waals surface area contributed by atoms with Crippen molar-refractivity contribution in [1.29, 1.82) is 0 Å². The van der Waals surface area contributed by atoms with Crippen molar-refractivity contribution in [2.75, 3.05) is 19.6 Å². The van der Waals surface area contributed by atoms with Crippen molar-refractivity contribution >= 4 is 6.72 Å². The molecule has 1 N–H and O–H groups in total. The summed E-state index contributed by atoms with van der Waals surface area (Å²) in [6.45, 7) is 25.7. The maximum absolute atomic E-state index is 3.80. The Labute approximate surface area is 158 Å². The van der Waals surface area contributed by atoms with Gasteiger partial charge in [0.1, 0.15) is 0 Å². The van der Waals surface area contributed by atoms with Crippen LogP contribution in [-0.4, -0.2) is 26.4 Å². The summed E-state index contributed by atoms with van der Waals surface area (Å²) in [4.78, 5) is 3.49. The topological polar surface area (TPSA) is 24.4 Å². The molecule has 0 aromatic rings. The molecule has 0 aromatic heterocycles. The fourth-order valence-corrected chi connectivity index (χ4v) is 5.74. The Hall–Kier alpha value is -0.630. The number of rotatable bonds is 5. The number of aliphatic imine (C=N–C) groups is 1. The Morgan fingerprint density at radius 3 is 2.12 bits per heavy atom. The molecule has 1 spiro atoms. The summed E-state index contributed by atoms with van der Waals surface area (Å²) in [5.41, 5.74) is 1.92. The van der Waals surface area contributed by atoms with Crippen LogP contribution < -0.4 is 5.32 Å². The summed E-state index contributed by atoms with van der Waals surface area (Å²) in [6, 6.07) is 0. The fraction of sp³-hybridized carbons (Fsp3) is 0.870. The lowest BCUT2D eigenvalue weighted by Gasteiger charge is -2.72. The third-order valence-electron chi connectivity index (χ3n) is 6.27. The highest BCUT2D eigenvalue weighted by molar-refractivity contribution is 5.24. The van der Waals surface area contributed by atoms with E-state index in [9.17, 15) is 0 Å². The van der Waals surface area contributed by atoms with Gasteiger partial charge in [-0.2, -0.15) is 0 Å². The van der Waals surface area contributed by atoms with E-state index >= 15 is 0 Å². The average Bonchev–Trinajstić information content (AvgIpc) is 2.77. The molecule has 2 heteroatoms. The van der Waals surface area contributed by atoms with E-state index in [2.05, 4.69) is 65.1 Å². The smallest absolute Gasteiger partial charge is 0.0353 e. The highest BCUT2D eigenvalue weighted by Gasteiger charge is 2.74. The average molecular weight is 349 g/mol. The summed E-state index contributed by atoms with van der Waals surface area (Å²) < 4.78 is 0. The molecule has 0 heterocycles. The minimum Gasteiger partial charge on any atom is -0.313 e. The van der Waals surface area contributed by atoms with Gasteiger partial charge in [-0.1, -0.05) is 47.6 Å². The maximum atomic E-state index is 3.80. The van der Waals surface area contributed by atoms with E-state index in [1.807, 2.05) is 13.0 Å². The third-order valence-corrected chi connectivity index (χ3v) is 6.27. The first-order chi connectivity index (χ1) is 11.6. The molecule has 0 aliphatic heterocycles. The van der Waals surface area contributed by atoms with Gasteiger partial charge in [-0.05, 0) is 73.3 Å². The second-order valence-electron chi connectivity index (χ2n) is 10.3. The second-order valence-corrected chi connectivity index (χ2v) is 10.3. The number of nitrogens with zero attached hydrogens (tertiary/aromatic N) is 1. The van der Waals surface area contributed by atoms with Gasteiger partial charge < -0.3 is 10.3 Å². The Morgan fingerprint density at radius 1 is 1.16 bits per heavy atom. The van der Waals surface area contributed by atoms with Gasteiger partial charge >= 0.3 is 0 Å². The molecular formula is C23H44N2. The first-order valence-electron chi connectivity index (χ1n) is 10.3. The maximum Gasteiger partial charge on any atom is 0.0353 e. The molecule has 5 atom stereocenters. The number of hydrogen-bond donors (Lipinski definition) is 1. The van der Waals surface area contributed by atoms with Crippen LogP contribution in [0.5, 0.6) is 0 Å². The first-order valence-corrected chi connectivity index (χ1v) is 10.3. The van der Waals surface area contributed by atoms with Crippen molar-refractivity contribution < 1.29 is 0 Å². The zero-order valence-electron chi connectivity index (χ0n) is 18.1. The van der Waals surface area contributed by atoms with Crippen molar-refractivity contribution in [2.45, 2.75) is 74.1 Å². The van der Waals surface area contributed by atoms with Gasteiger partial charge in [0.2, 0.25) is 0 Å². The molecule has 0 saturated heterocycles. The van der Waals surface area contributed by atoms with E-state index in [1.165, 1.54) is 32.2 Å². The summed E-state index contributed by atoms with van der Waals surface area (Å²) in [6.07, 6.45) is 7.98. The van der Waals surface area contributed by atoms with Crippen molar-refractivity contribution in [2.24, 2.45) is 39.0 Å². The zero-order valence-corrected chi connectivity index (χ0v) is 18.1. The van der Waals surface area contributed by atoms with Crippen LogP contribution in [0.15, 0.2) is 17.6 Å². The quantitative estimate of drug-likeness (QED) is 0.369. The van der Waals surface area contributed by atoms with Crippen LogP contribution in [-0.2, 0) is 0 Å². The normalized spacial score (nSPS) is 37.6. The van der Waals surface area contributed by atoms with Crippen LogP contribution in [0, 0.1) is 34.0 Å². The molecule has 3 aliphatic carbocycles. The molecule has 0 bridgehead atoms. The van der Waals surface area contributed by atoms with Gasteiger partial charge in [-0.15, -0.1) is 6.58 Å². The van der Waals surface area contributed by atoms with E-state index in [0.717, 1.165) is 36.3 Å². The predicted molar refractivity (Wildman–Crippen MR) is 113 cm³/mol. The molecule has 0 radical (unpaired) electrons. The van der Waals surface area contributed by atoms with Gasteiger partial charge in [0.15, 0.2) is 0 Å². The van der Waals surface area contributed by atoms with Crippen LogP contribution in [0.25, 0.3) is 0 Å². The summed E-state index contributed by atoms with van der Waals surface area (Å²) in [5.74, 6) is 3.03. The first kappa shape index (κ1) is 22.4. The molecule has 5 unspecified atom stereocenters. The highest BCUT2D eigenvalue weighted by atomic mass is 14.9. The number of nitrogens with one attached hydrogen (secondary N) is 1. The van der Waals surface area contributed by atoms with E-state index < -0.39 is 0 Å². The standard InChI is InChI=1S/C15H25N.C5H12.C3H7N/c1-4-5-16-10-14-7-11(2)8-15(14)12(3)6-13(15)9-14;1-5(2,3)4;1-3-4-2/h4,11-13,16H,1,5-10H2,2-3H3;1-4H3;2-3H2,1H3. The van der Waals surface area contributed by atoms with Gasteiger partial charge in [0.05, 0.1) is 0 Å². The molecule has 146 valence electrons. The fourth-order valence-electron chi connectivity index (χ4n) is 5.74. The lowest BCUT2D eigenvalue weighted by Crippen LogP contribution is -2.68. The summed E-state index contributed by atoms with van der Waals surface area (Å²) >= 11 is 0. The van der Waals surface area contributed by atoms with E-state index in [-0.39, 0.29) is 0 Å². The zero-order chi connectivity index (χ0) is 19.3. The molecule has 3 aliphatic rings. The van der Waals surface area contributed by atoms with Crippen LogP contribution in [0.3, 0.4) is 0 Å². The van der Waals surface area contributed by atoms with Crippen LogP contribution >= 0.6 is 0 Å². The minimum absolute atomic E-state index is 0.500. The molecule has 3 fully saturated rings. The van der Waals surface area contributed by atoms with Crippen molar-refractivity contribution in [1.82, 2.24) is 5.32 Å². The lowest BCUT2D eigenvalue weighted by molar-refractivity contribution is -0.235. The van der Waals surface area contributed by atoms with Gasteiger partial charge in [0, 0.05) is 19.6 Å². The monoisotopic (exact) mass is 348 g/mol. The van der Waals surface area contributed by atoms with Gasteiger partial charge in [-0.3, -0.25) is 0 Å². The molecule has 3 saturated carbocycles. The molecule has 2 nitrogen and oxygen atoms in total. The summed E-state index contributed by atoms with van der Waals surface area (Å²) in [5, 5.41) is 3.60. The van der Waals surface area contributed by atoms with Crippen molar-refractivity contribution in [3.8, 4) is 0 Å². The van der Waals surface area contributed by atoms with E-state index in [1.54, 1.807) is 0 Å². The van der Waals surface area contributed by atoms with Crippen LogP contribution in [0.4, 0.5) is 0 Å². The molecule has 0 aromatic carbocycles. The molecule has 0 amide bonds. The Kier molecular flexibility index (Phi) is 7.93. The van der Waals surface area contributed by atoms with Crippen molar-refractivity contribution in [3.05, 3.63) is 12.7 Å². The van der Waals surface area contributed by atoms with Gasteiger partial charge in [0.25, 0.3) is 0 Å². The molecule has 3 rings (SSSR count). The lowest BCUT2D eigenvalue weighted by atomic mass is 9.32. The van der Waals surface area contributed by atoms with Crippen LogP contribution in [0.1, 0.15) is 74.1 Å². The number of hydrogen-bond acceptors (Lipinski definition) is 2. The Morgan fingerprint density at radius 2 is 1.72 bits per heavy atom. The predicted octanol–water partition coefficient (Wildman–Crippen LogP) is 5.98. The SMILES string of the molecule is C=CCNCC12CC(C)CC13C(C)CC3C2.C=NCC.CC(C)(C)C. The van der Waals surface area contributed by atoms with Gasteiger partial charge in [-0.25, -0.2) is 0 Å². The molecular weight excluding hydrogens is 304 g/mol. The van der Waals surface area contributed by atoms with E-state index in [4.69, 9.17) is 0 Å². The van der Waals surface area contributed by atoms with Crippen LogP contribution in [0.2, 0.25) is 0 Å². The largest absolute Gasteiger partial charge is 0.313 e. The molecule has 25 heavy (non-hydrogen) atoms. The summed E-state index contributed by atoms with van der Waals surface area (Å²) in [7, 11) is 0. The second kappa shape index (κ2) is 8.84. The van der Waals surface area contributed by atoms with E-state index in [0.29, 0.717) is 10.8 Å². The van der Waals surface area contributed by atoms with Crippen molar-refractivity contribution in [3.63, 3.8) is 0 Å². The highest BCUT2D eigenvalue weighted by Crippen LogP contribution is 2.80. The minimum atomic E-state index is 0.500. The third kappa shape index (κ3) is 4.96. The Balaban J connectivity index is 0.000000293. The Bertz CT molecular complexity index is 424.